The van der Waals surface area contributed by atoms with Gasteiger partial charge in [0.15, 0.2) is 0 Å². The Morgan fingerprint density at radius 2 is 1.85 bits per heavy atom. The number of nitrogens with zero attached hydrogens (tertiary/aromatic N) is 1. The van der Waals surface area contributed by atoms with Crippen LogP contribution in [0.4, 0.5) is 5.69 Å². The molecule has 0 radical (unpaired) electrons. The Hall–Kier alpha value is -2.67. The minimum absolute atomic E-state index is 0.0211. The number of aryl methyl sites for hydroxylation is 2. The smallest absolute Gasteiger partial charge is 0.247 e. The molecule has 1 heterocycles. The van der Waals surface area contributed by atoms with E-state index in [2.05, 4.69) is 17.6 Å². The van der Waals surface area contributed by atoms with Crippen LogP contribution in [0.25, 0.3) is 0 Å². The van der Waals surface area contributed by atoms with Crippen LogP contribution in [0, 0.1) is 37.5 Å². The molecule has 1 fully saturated rings. The zero-order valence-corrected chi connectivity index (χ0v) is 20.8. The molecule has 0 unspecified atom stereocenters. The first-order valence-electron chi connectivity index (χ1n) is 12.5. The van der Waals surface area contributed by atoms with Crippen molar-refractivity contribution in [1.29, 1.82) is 0 Å². The third kappa shape index (κ3) is 5.35. The summed E-state index contributed by atoms with van der Waals surface area (Å²) in [5.74, 6) is -1.88. The lowest BCUT2D eigenvalue weighted by atomic mass is 9.68. The zero-order valence-electron chi connectivity index (χ0n) is 20.8. The molecule has 3 amide bonds. The van der Waals surface area contributed by atoms with Gasteiger partial charge in [0, 0.05) is 31.8 Å². The van der Waals surface area contributed by atoms with Crippen molar-refractivity contribution < 1.29 is 19.5 Å². The molecule has 0 saturated carbocycles. The van der Waals surface area contributed by atoms with Gasteiger partial charge in [-0.2, -0.15) is 0 Å². The number of amides is 3. The number of aliphatic hydroxyl groups is 1. The second kappa shape index (κ2) is 11.6. The van der Waals surface area contributed by atoms with E-state index in [1.807, 2.05) is 44.2 Å². The Balaban J connectivity index is 1.95. The van der Waals surface area contributed by atoms with Crippen LogP contribution in [0.3, 0.4) is 0 Å². The maximum Gasteiger partial charge on any atom is 0.247 e. The van der Waals surface area contributed by atoms with Crippen LogP contribution in [0.2, 0.25) is 0 Å². The molecule has 1 aliphatic heterocycles. The molecule has 0 aromatic heterocycles. The van der Waals surface area contributed by atoms with Gasteiger partial charge >= 0.3 is 0 Å². The first kappa shape index (κ1) is 25.9. The van der Waals surface area contributed by atoms with Crippen molar-refractivity contribution >= 4 is 23.4 Å². The fourth-order valence-corrected chi connectivity index (χ4v) is 5.52. The fraction of sp³-hybridized carbons (Fsp3) is 0.593. The number of likely N-dealkylation sites (tertiary alicyclic amines) is 1. The standard InChI is InChI=1S/C27H39N3O4/c1-5-9-19-12-13-20-23(22(19)25(32)28-4)27(34)30(14-7-6-8-15-31)24(20)26(33)29-21-16-17(2)10-11-18(21)3/h10-13,16,19-20,22-24,31H,5-9,14-15H2,1-4H3,(H,28,32)(H,29,33)/t19-,20+,22-,23-,24+/m1/s1. The number of nitrogens with one attached hydrogen (secondary N) is 2. The quantitative estimate of drug-likeness (QED) is 0.362. The van der Waals surface area contributed by atoms with Crippen molar-refractivity contribution in [3.63, 3.8) is 0 Å². The maximum atomic E-state index is 13.8. The molecule has 7 heteroatoms. The van der Waals surface area contributed by atoms with Gasteiger partial charge in [0.05, 0.1) is 11.8 Å². The highest BCUT2D eigenvalue weighted by atomic mass is 16.3. The Morgan fingerprint density at radius 3 is 2.53 bits per heavy atom. The Kier molecular flexibility index (Phi) is 8.89. The Labute approximate surface area is 203 Å². The average molecular weight is 470 g/mol. The van der Waals surface area contributed by atoms with Gasteiger partial charge in [-0.3, -0.25) is 14.4 Å². The second-order valence-corrected chi connectivity index (χ2v) is 9.65. The van der Waals surface area contributed by atoms with Gasteiger partial charge in [-0.15, -0.1) is 0 Å². The predicted molar refractivity (Wildman–Crippen MR) is 133 cm³/mol. The number of hydrogen-bond acceptors (Lipinski definition) is 4. The highest BCUT2D eigenvalue weighted by Crippen LogP contribution is 2.45. The molecule has 0 spiro atoms. The zero-order chi connectivity index (χ0) is 24.8. The highest BCUT2D eigenvalue weighted by Gasteiger charge is 2.56. The molecule has 0 bridgehead atoms. The summed E-state index contributed by atoms with van der Waals surface area (Å²) in [6.07, 6.45) is 7.92. The number of allylic oxidation sites excluding steroid dienone is 1. The third-order valence-corrected chi connectivity index (χ3v) is 7.26. The Bertz CT molecular complexity index is 928. The molecule has 1 aliphatic carbocycles. The normalized spacial score (nSPS) is 25.9. The molecular weight excluding hydrogens is 430 g/mol. The number of fused-ring (bicyclic) bond motifs is 1. The molecule has 1 saturated heterocycles. The van der Waals surface area contributed by atoms with E-state index in [0.717, 1.165) is 36.1 Å². The first-order chi connectivity index (χ1) is 16.3. The van der Waals surface area contributed by atoms with Crippen molar-refractivity contribution in [1.82, 2.24) is 10.2 Å². The SMILES string of the molecule is CCC[C@@H]1C=C[C@H]2[C@@H](C(=O)N(CCCCCO)[C@@H]2C(=O)Nc2cc(C)ccc2C)[C@@H]1C(=O)NC. The second-order valence-electron chi connectivity index (χ2n) is 9.65. The van der Waals surface area contributed by atoms with Gasteiger partial charge in [-0.25, -0.2) is 0 Å². The third-order valence-electron chi connectivity index (χ3n) is 7.26. The molecular formula is C27H39N3O4. The fourth-order valence-electron chi connectivity index (χ4n) is 5.52. The van der Waals surface area contributed by atoms with Crippen LogP contribution < -0.4 is 10.6 Å². The summed E-state index contributed by atoms with van der Waals surface area (Å²) < 4.78 is 0. The molecule has 186 valence electrons. The van der Waals surface area contributed by atoms with Gasteiger partial charge in [0.2, 0.25) is 17.7 Å². The minimum atomic E-state index is -0.669. The summed E-state index contributed by atoms with van der Waals surface area (Å²) in [5, 5.41) is 15.0. The van der Waals surface area contributed by atoms with E-state index >= 15 is 0 Å². The number of hydrogen-bond donors (Lipinski definition) is 3. The van der Waals surface area contributed by atoms with Crippen LogP contribution in [-0.4, -0.2) is 54.0 Å². The predicted octanol–water partition coefficient (Wildman–Crippen LogP) is 3.20. The first-order valence-corrected chi connectivity index (χ1v) is 12.5. The highest BCUT2D eigenvalue weighted by molar-refractivity contribution is 6.02. The summed E-state index contributed by atoms with van der Waals surface area (Å²) >= 11 is 0. The molecule has 3 N–H and O–H groups in total. The average Bonchev–Trinajstić information content (AvgIpc) is 3.10. The van der Waals surface area contributed by atoms with Crippen molar-refractivity contribution in [3.8, 4) is 0 Å². The van der Waals surface area contributed by atoms with Crippen LogP contribution in [-0.2, 0) is 14.4 Å². The summed E-state index contributed by atoms with van der Waals surface area (Å²) in [6.45, 7) is 6.54. The number of carbonyl (C=O) groups is 3. The summed E-state index contributed by atoms with van der Waals surface area (Å²) in [6, 6.07) is 5.24. The molecule has 3 rings (SSSR count). The largest absolute Gasteiger partial charge is 0.396 e. The van der Waals surface area contributed by atoms with Crippen LogP contribution in [0.5, 0.6) is 0 Å². The van der Waals surface area contributed by atoms with Gasteiger partial charge < -0.3 is 20.6 Å². The lowest BCUT2D eigenvalue weighted by Gasteiger charge is -2.34. The molecule has 1 aromatic rings. The van der Waals surface area contributed by atoms with Crippen molar-refractivity contribution in [2.24, 2.45) is 23.7 Å². The minimum Gasteiger partial charge on any atom is -0.396 e. The van der Waals surface area contributed by atoms with E-state index in [-0.39, 0.29) is 36.2 Å². The lowest BCUT2D eigenvalue weighted by molar-refractivity contribution is -0.140. The van der Waals surface area contributed by atoms with Crippen LogP contribution >= 0.6 is 0 Å². The van der Waals surface area contributed by atoms with Crippen LogP contribution in [0.1, 0.15) is 50.2 Å². The summed E-state index contributed by atoms with van der Waals surface area (Å²) in [5.41, 5.74) is 2.74. The van der Waals surface area contributed by atoms with E-state index in [9.17, 15) is 14.4 Å². The molecule has 7 nitrogen and oxygen atoms in total. The summed E-state index contributed by atoms with van der Waals surface area (Å²) in [7, 11) is 1.61. The monoisotopic (exact) mass is 469 g/mol. The number of rotatable bonds is 10. The number of carbonyl (C=O) groups excluding carboxylic acids is 3. The van der Waals surface area contributed by atoms with Crippen LogP contribution in [0.15, 0.2) is 30.4 Å². The van der Waals surface area contributed by atoms with Gasteiger partial charge in [0.25, 0.3) is 0 Å². The van der Waals surface area contributed by atoms with E-state index in [0.29, 0.717) is 19.4 Å². The lowest BCUT2D eigenvalue weighted by Crippen LogP contribution is -2.45. The van der Waals surface area contributed by atoms with Crippen molar-refractivity contribution in [2.45, 2.75) is 58.9 Å². The van der Waals surface area contributed by atoms with Gasteiger partial charge in [-0.05, 0) is 62.6 Å². The summed E-state index contributed by atoms with van der Waals surface area (Å²) in [4.78, 5) is 42.0. The van der Waals surface area contributed by atoms with E-state index in [4.69, 9.17) is 5.11 Å². The van der Waals surface area contributed by atoms with E-state index in [1.54, 1.807) is 11.9 Å². The molecule has 1 aromatic carbocycles. The van der Waals surface area contributed by atoms with E-state index < -0.39 is 17.9 Å². The molecule has 34 heavy (non-hydrogen) atoms. The van der Waals surface area contributed by atoms with Crippen molar-refractivity contribution in [2.75, 3.05) is 25.5 Å². The Morgan fingerprint density at radius 1 is 1.09 bits per heavy atom. The van der Waals surface area contributed by atoms with E-state index in [1.165, 1.54) is 0 Å². The maximum absolute atomic E-state index is 13.8. The van der Waals surface area contributed by atoms with Gasteiger partial charge in [-0.1, -0.05) is 37.6 Å². The number of aliphatic hydroxyl groups excluding tert-OH is 1. The molecule has 5 atom stereocenters. The topological polar surface area (TPSA) is 98.7 Å². The van der Waals surface area contributed by atoms with Crippen molar-refractivity contribution in [3.05, 3.63) is 41.5 Å². The number of anilines is 1. The number of benzene rings is 1. The van der Waals surface area contributed by atoms with Gasteiger partial charge in [0.1, 0.15) is 6.04 Å². The number of unbranched alkanes of at least 4 members (excludes halogenated alkanes) is 2. The molecule has 2 aliphatic rings.